The summed E-state index contributed by atoms with van der Waals surface area (Å²) < 4.78 is 70.1. The molecule has 39 nitrogen and oxygen atoms in total. The number of hydrogen-bond donors (Lipinski definition) is 21. The fraction of sp³-hybridized carbons (Fsp3) is 0.477. The minimum Gasteiger partial charge on any atom is -0.508 e. The number of imide groups is 1. The Kier molecular flexibility index (Phi) is 28.1. The summed E-state index contributed by atoms with van der Waals surface area (Å²) in [6, 6.07) is 3.62. The number of likely N-dealkylation sites (N-methyl/N-ethyl adjacent to an activating group) is 1. The van der Waals surface area contributed by atoms with E-state index in [1.807, 2.05) is 0 Å². The molecule has 6 fully saturated rings. The lowest BCUT2D eigenvalue weighted by Gasteiger charge is -2.54. The van der Waals surface area contributed by atoms with Gasteiger partial charge in [0.2, 0.25) is 69.3 Å². The predicted octanol–water partition coefficient (Wildman–Crippen LogP) is 2.75. The SMILES string of the molecule is CN[C@H](CC(C)C)C(=O)N[C@H]1C(=O)N[C@@H](CC(=O)NC(=O)Nc2ccc(OCCNS(C)(=O)=O)cc2)C(=O)N[C@H]2C(=O)N[C@H]3C(=O)N[C@H](C(=O)N[C@H](C(=O)NC4C5CC6CC(C5)CC4C6)c4cc(O)cc(O)c4-c4cc3ccc4O)[C@H](O)c3ccc(c(Cl)c3)Oc3cc2cc(c3O[C@@H]2O[C@H](CO)[C@@H](O)[C@H](O)[C@H]2O[C@H]2C[C@](C)(N)[C@H](O)[C@H](C)O2)Oc2ccc(cc2Cl)[C@H]1O. The van der Waals surface area contributed by atoms with Crippen LogP contribution < -0.4 is 82.6 Å². The lowest BCUT2D eigenvalue weighted by atomic mass is 9.54. The van der Waals surface area contributed by atoms with E-state index in [1.165, 1.54) is 63.4 Å². The van der Waals surface area contributed by atoms with E-state index < -0.39 is 253 Å². The quantitative estimate of drug-likeness (QED) is 0.0489. The molecule has 2 saturated heterocycles. The molecule has 7 heterocycles. The van der Waals surface area contributed by atoms with Gasteiger partial charge in [-0.3, -0.25) is 43.7 Å². The molecule has 22 N–H and O–H groups in total. The molecule has 42 heteroatoms. The number of ether oxygens (including phenoxy) is 7. The summed E-state index contributed by atoms with van der Waals surface area (Å²) in [4.78, 5) is 139. The summed E-state index contributed by atoms with van der Waals surface area (Å²) in [5.74, 6) is -14.0. The van der Waals surface area contributed by atoms with Gasteiger partial charge in [0.1, 0.15) is 108 Å². The largest absolute Gasteiger partial charge is 0.508 e. The van der Waals surface area contributed by atoms with Crippen molar-refractivity contribution < 1.29 is 131 Å². The van der Waals surface area contributed by atoms with E-state index in [0.717, 1.165) is 99.0 Å². The van der Waals surface area contributed by atoms with Crippen LogP contribution in [-0.4, -0.2) is 226 Å². The lowest BCUT2D eigenvalue weighted by Crippen LogP contribution is -2.64. The van der Waals surface area contributed by atoms with Gasteiger partial charge >= 0.3 is 6.03 Å². The Balaban J connectivity index is 0.943. The van der Waals surface area contributed by atoms with Gasteiger partial charge in [0, 0.05) is 47.4 Å². The third-order valence-corrected chi connectivity index (χ3v) is 25.7. The number of rotatable bonds is 20. The number of sulfonamides is 1. The fourth-order valence-corrected chi connectivity index (χ4v) is 19.2. The summed E-state index contributed by atoms with van der Waals surface area (Å²) in [7, 11) is -2.09. The minimum atomic E-state index is -3.55. The Morgan fingerprint density at radius 1 is 0.680 bits per heavy atom. The Morgan fingerprint density at radius 2 is 1.30 bits per heavy atom. The maximum atomic E-state index is 16.7. The highest BCUT2D eigenvalue weighted by Crippen LogP contribution is 2.55. The molecule has 4 aliphatic carbocycles. The molecular formula is C86H102Cl2N12O27S. The minimum absolute atomic E-state index is 0.0419. The number of benzene rings is 6. The van der Waals surface area contributed by atoms with E-state index in [-0.39, 0.29) is 88.8 Å². The Bertz CT molecular complexity index is 5360. The smallest absolute Gasteiger partial charge is 0.325 e. The van der Waals surface area contributed by atoms with Crippen molar-refractivity contribution in [1.29, 1.82) is 0 Å². The molecule has 18 atom stereocenters. The number of hydrogen-bond acceptors (Lipinski definition) is 29. The van der Waals surface area contributed by atoms with Crippen molar-refractivity contribution in [3.8, 4) is 62.9 Å². The number of fused-ring (bicyclic) bond motifs is 15. The number of phenolic OH excluding ortho intramolecular Hbond substituents is 3. The van der Waals surface area contributed by atoms with Crippen LogP contribution in [0.5, 0.6) is 51.7 Å². The standard InChI is InChI=1S/C86H102Cl2N12O27S/c1-35(2)19-52(90-5)77(111)99-68-70(106)40-8-15-56(50(87)26-40)123-58-28-44-29-59(74(58)127-84-75(73(109)72(108)60(34-101)125-84)126-62-33-86(4,89)76(110)36(3)122-62)124-57-16-9-41(27-51(57)88)71(107)69-83(117)98-67(81(115)95-64-42-21-37-20-38(23-42)24-43(64)22-37)49-30-46(102)31-55(104)63(49)48-25-39(7-14-54(48)103)65(79(113)100-69)97-80(114)66(44)96-78(112)53(93-82(68)116)32-61(105)94-85(118)92-45-10-12-47(13-11-45)121-18-17-91-128(6,119)120/h7-16,25-31,35-38,42-43,52-53,60,62,64-73,75-76,84,90-91,101-104,106-110H,17-24,32-34,89H2,1-6H3,(H,93,116)(H,95,115)(H,96,112)(H,97,114)(H,98,117)(H,99,111)(H,100,113)(H2,92,94,105,118)/t36-,37?,38?,42?,43?,52+,53-,60+,62-,64?,65+,66+,67-,68+,69-,70+,71+,72+,73-,75+,76+,84-,86-/m0/s1. The second kappa shape index (κ2) is 38.5. The number of carbonyl (C=O) groups is 9. The lowest BCUT2D eigenvalue weighted by molar-refractivity contribution is -0.333. The van der Waals surface area contributed by atoms with Gasteiger partial charge in [0.25, 0.3) is 0 Å². The first kappa shape index (κ1) is 93.4. The number of nitrogens with two attached hydrogens (primary N) is 1. The van der Waals surface area contributed by atoms with E-state index >= 15 is 28.8 Å². The van der Waals surface area contributed by atoms with Gasteiger partial charge in [-0.2, -0.15) is 0 Å². The second-order valence-corrected chi connectivity index (χ2v) is 37.1. The summed E-state index contributed by atoms with van der Waals surface area (Å²) in [6.07, 6.45) is -13.9. The molecule has 15 bridgehead atoms. The third-order valence-electron chi connectivity index (χ3n) is 24.4. The van der Waals surface area contributed by atoms with Gasteiger partial charge in [-0.25, -0.2) is 17.9 Å². The van der Waals surface area contributed by atoms with Gasteiger partial charge in [-0.05, 0) is 196 Å². The van der Waals surface area contributed by atoms with Crippen LogP contribution in [-0.2, 0) is 62.6 Å². The molecule has 688 valence electrons. The van der Waals surface area contributed by atoms with Crippen molar-refractivity contribution in [2.24, 2.45) is 35.3 Å². The van der Waals surface area contributed by atoms with Crippen LogP contribution in [0.2, 0.25) is 10.0 Å². The van der Waals surface area contributed by atoms with E-state index in [4.69, 9.17) is 62.1 Å². The average molecular weight is 1840 g/mol. The molecule has 17 rings (SSSR count). The number of amides is 10. The zero-order chi connectivity index (χ0) is 92.0. The number of urea groups is 1. The van der Waals surface area contributed by atoms with Gasteiger partial charge in [0.05, 0.1) is 47.6 Å². The normalized spacial score (nSPS) is 30.0. The van der Waals surface area contributed by atoms with Gasteiger partial charge < -0.3 is 133 Å². The molecule has 6 aromatic carbocycles. The molecule has 0 radical (unpaired) electrons. The monoisotopic (exact) mass is 1840 g/mol. The van der Waals surface area contributed by atoms with Crippen molar-refractivity contribution in [3.63, 3.8) is 0 Å². The first-order valence-corrected chi connectivity index (χ1v) is 44.4. The topological polar surface area (TPSA) is 593 Å². The van der Waals surface area contributed by atoms with Crippen LogP contribution in [0.15, 0.2) is 103 Å². The van der Waals surface area contributed by atoms with Crippen LogP contribution in [0.1, 0.15) is 137 Å². The van der Waals surface area contributed by atoms with E-state index in [9.17, 15) is 68.8 Å². The van der Waals surface area contributed by atoms with Crippen LogP contribution in [0, 0.1) is 29.6 Å². The van der Waals surface area contributed by atoms with E-state index in [1.54, 1.807) is 13.8 Å². The highest BCUT2D eigenvalue weighted by Gasteiger charge is 2.53. The van der Waals surface area contributed by atoms with Crippen LogP contribution in [0.4, 0.5) is 10.5 Å². The van der Waals surface area contributed by atoms with Gasteiger partial charge in [0.15, 0.2) is 23.9 Å². The summed E-state index contributed by atoms with van der Waals surface area (Å²) >= 11 is 14.5. The highest BCUT2D eigenvalue weighted by molar-refractivity contribution is 7.88. The maximum absolute atomic E-state index is 16.7. The van der Waals surface area contributed by atoms with E-state index in [2.05, 4.69) is 57.9 Å². The van der Waals surface area contributed by atoms with Crippen LogP contribution in [0.3, 0.4) is 0 Å². The first-order valence-electron chi connectivity index (χ1n) is 41.7. The zero-order valence-corrected chi connectivity index (χ0v) is 72.3. The number of nitrogens with one attached hydrogen (secondary N) is 11. The van der Waals surface area contributed by atoms with Gasteiger partial charge in [-0.1, -0.05) is 55.2 Å². The molecule has 7 aliphatic heterocycles. The van der Waals surface area contributed by atoms with Crippen LogP contribution in [0.25, 0.3) is 11.1 Å². The molecule has 11 aliphatic rings. The van der Waals surface area contributed by atoms with Crippen molar-refractivity contribution in [1.82, 2.24) is 52.6 Å². The van der Waals surface area contributed by atoms with Crippen molar-refractivity contribution >= 4 is 92.2 Å². The fourth-order valence-electron chi connectivity index (χ4n) is 18.3. The molecule has 0 unspecified atom stereocenters. The Labute approximate surface area is 743 Å². The highest BCUT2D eigenvalue weighted by atomic mass is 35.5. The third kappa shape index (κ3) is 20.7. The zero-order valence-electron chi connectivity index (χ0n) is 70.0. The molecule has 0 aromatic heterocycles. The summed E-state index contributed by atoms with van der Waals surface area (Å²) in [5, 5.41) is 132. The maximum Gasteiger partial charge on any atom is 0.325 e. The van der Waals surface area contributed by atoms with Crippen molar-refractivity contribution in [2.75, 3.05) is 38.4 Å². The number of aliphatic hydroxyl groups excluding tert-OH is 6. The summed E-state index contributed by atoms with van der Waals surface area (Å²) in [5.41, 5.74) is 2.79. The van der Waals surface area contributed by atoms with Crippen molar-refractivity contribution in [2.45, 2.75) is 194 Å². The number of aliphatic hydroxyl groups is 6. The molecule has 10 amide bonds. The molecule has 0 spiro atoms. The number of anilines is 1. The Hall–Kier alpha value is -10.8. The van der Waals surface area contributed by atoms with Gasteiger partial charge in [-0.15, -0.1) is 0 Å². The molecule has 128 heavy (non-hydrogen) atoms. The molecular weight excluding hydrogens is 1740 g/mol. The first-order chi connectivity index (χ1) is 60.7. The molecule has 6 aromatic rings. The number of aromatic hydroxyl groups is 3. The predicted molar refractivity (Wildman–Crippen MR) is 453 cm³/mol. The number of halogens is 2. The van der Waals surface area contributed by atoms with Crippen molar-refractivity contribution in [3.05, 3.63) is 141 Å². The molecule has 4 saturated carbocycles. The number of phenols is 3. The summed E-state index contributed by atoms with van der Waals surface area (Å²) in [6.45, 7) is 5.41. The second-order valence-electron chi connectivity index (χ2n) is 34.4. The number of carbonyl (C=O) groups excluding carboxylic acids is 9. The van der Waals surface area contributed by atoms with Crippen LogP contribution >= 0.6 is 23.2 Å². The van der Waals surface area contributed by atoms with E-state index in [0.29, 0.717) is 11.8 Å². The average Bonchev–Trinajstić information content (AvgIpc) is 0.759. The Morgan fingerprint density at radius 3 is 1.91 bits per heavy atom.